The van der Waals surface area contributed by atoms with Crippen molar-refractivity contribution in [1.82, 2.24) is 14.9 Å². The van der Waals surface area contributed by atoms with Gasteiger partial charge in [0.15, 0.2) is 5.82 Å². The van der Waals surface area contributed by atoms with Gasteiger partial charge in [-0.05, 0) is 30.2 Å². The first-order valence-electron chi connectivity index (χ1n) is 9.77. The van der Waals surface area contributed by atoms with Gasteiger partial charge in [-0.15, -0.1) is 10.2 Å². The molecule has 0 bridgehead atoms. The smallest absolute Gasteiger partial charge is 0.325 e. The Morgan fingerprint density at radius 1 is 1.16 bits per heavy atom. The van der Waals surface area contributed by atoms with E-state index >= 15 is 0 Å². The lowest BCUT2D eigenvalue weighted by Gasteiger charge is -2.33. The molecule has 0 fully saturated rings. The molecule has 1 amide bonds. The number of nitrogens with one attached hydrogen (secondary N) is 2. The van der Waals surface area contributed by atoms with Crippen LogP contribution in [0, 0.1) is 0 Å². The van der Waals surface area contributed by atoms with E-state index in [1.54, 1.807) is 4.68 Å². The zero-order valence-corrected chi connectivity index (χ0v) is 17.4. The van der Waals surface area contributed by atoms with Gasteiger partial charge in [0.1, 0.15) is 5.25 Å². The normalized spacial score (nSPS) is 18.2. The standard InChI is InChI=1S/C21H20F3N5OS/c1-2-7-16-26-27-20-29(16)28-17(13-8-4-3-5-9-13)18(31-20)19(30)25-15-11-6-10-14(12-15)21(22,23)24/h3-6,8-12,17-18,28H,2,7H2,1H3,(H,25,30)/t17-,18+/m1/s1. The maximum atomic E-state index is 13.1. The molecule has 2 aromatic carbocycles. The predicted octanol–water partition coefficient (Wildman–Crippen LogP) is 4.65. The van der Waals surface area contributed by atoms with Crippen LogP contribution in [0.3, 0.4) is 0 Å². The summed E-state index contributed by atoms with van der Waals surface area (Å²) in [4.78, 5) is 13.1. The molecule has 0 saturated carbocycles. The predicted molar refractivity (Wildman–Crippen MR) is 112 cm³/mol. The second-order valence-corrected chi connectivity index (χ2v) is 8.22. The van der Waals surface area contributed by atoms with Gasteiger partial charge in [-0.25, -0.2) is 4.68 Å². The minimum atomic E-state index is -4.49. The topological polar surface area (TPSA) is 71.8 Å². The molecule has 0 radical (unpaired) electrons. The number of amides is 1. The van der Waals surface area contributed by atoms with Crippen LogP contribution in [0.25, 0.3) is 0 Å². The van der Waals surface area contributed by atoms with Crippen LogP contribution in [-0.2, 0) is 17.4 Å². The Kier molecular flexibility index (Phi) is 5.90. The largest absolute Gasteiger partial charge is 0.416 e. The van der Waals surface area contributed by atoms with Crippen molar-refractivity contribution in [3.63, 3.8) is 0 Å². The fourth-order valence-corrected chi connectivity index (χ4v) is 4.48. The van der Waals surface area contributed by atoms with Crippen molar-refractivity contribution in [3.8, 4) is 0 Å². The van der Waals surface area contributed by atoms with Crippen LogP contribution in [-0.4, -0.2) is 26.0 Å². The van der Waals surface area contributed by atoms with Crippen molar-refractivity contribution in [2.75, 3.05) is 10.7 Å². The Morgan fingerprint density at radius 2 is 1.94 bits per heavy atom. The highest BCUT2D eigenvalue weighted by atomic mass is 32.2. The minimum Gasteiger partial charge on any atom is -0.325 e. The van der Waals surface area contributed by atoms with Gasteiger partial charge in [-0.2, -0.15) is 13.2 Å². The minimum absolute atomic E-state index is 0.0888. The van der Waals surface area contributed by atoms with Gasteiger partial charge in [0, 0.05) is 12.1 Å². The molecular weight excluding hydrogens is 427 g/mol. The lowest BCUT2D eigenvalue weighted by molar-refractivity contribution is -0.137. The summed E-state index contributed by atoms with van der Waals surface area (Å²) < 4.78 is 40.9. The van der Waals surface area contributed by atoms with Crippen LogP contribution in [0.5, 0.6) is 0 Å². The first kappa shape index (κ1) is 21.2. The molecular formula is C21H20F3N5OS. The molecule has 0 spiro atoms. The van der Waals surface area contributed by atoms with E-state index in [2.05, 4.69) is 20.9 Å². The van der Waals surface area contributed by atoms with Crippen LogP contribution < -0.4 is 10.7 Å². The molecule has 2 N–H and O–H groups in total. The Labute approximate surface area is 181 Å². The number of fused-ring (bicyclic) bond motifs is 1. The fraction of sp³-hybridized carbons (Fsp3) is 0.286. The van der Waals surface area contributed by atoms with E-state index in [0.717, 1.165) is 36.4 Å². The van der Waals surface area contributed by atoms with E-state index in [1.807, 2.05) is 37.3 Å². The first-order chi connectivity index (χ1) is 14.9. The molecule has 2 heterocycles. The number of anilines is 1. The molecule has 3 aromatic rings. The molecule has 2 atom stereocenters. The third kappa shape index (κ3) is 4.53. The number of benzene rings is 2. The Bertz CT molecular complexity index is 1070. The number of aryl methyl sites for hydroxylation is 1. The molecule has 6 nitrogen and oxygen atoms in total. The third-order valence-electron chi connectivity index (χ3n) is 4.85. The van der Waals surface area contributed by atoms with Gasteiger partial charge in [-0.1, -0.05) is 55.1 Å². The second kappa shape index (κ2) is 8.62. The first-order valence-corrected chi connectivity index (χ1v) is 10.7. The summed E-state index contributed by atoms with van der Waals surface area (Å²) in [5.74, 6) is 0.347. The van der Waals surface area contributed by atoms with E-state index in [9.17, 15) is 18.0 Å². The van der Waals surface area contributed by atoms with Crippen LogP contribution in [0.1, 0.15) is 36.3 Å². The summed E-state index contributed by atoms with van der Waals surface area (Å²) in [6.07, 6.45) is -2.87. The number of halogens is 3. The number of aromatic nitrogens is 3. The lowest BCUT2D eigenvalue weighted by Crippen LogP contribution is -2.41. The van der Waals surface area contributed by atoms with Crippen LogP contribution in [0.4, 0.5) is 18.9 Å². The van der Waals surface area contributed by atoms with Crippen LogP contribution in [0.15, 0.2) is 59.8 Å². The molecule has 1 aliphatic rings. The zero-order chi connectivity index (χ0) is 22.0. The van der Waals surface area contributed by atoms with Crippen molar-refractivity contribution in [2.24, 2.45) is 0 Å². The second-order valence-electron chi connectivity index (χ2n) is 7.11. The number of hydrogen-bond donors (Lipinski definition) is 2. The number of alkyl halides is 3. The summed E-state index contributed by atoms with van der Waals surface area (Å²) in [5, 5.41) is 10.9. The van der Waals surface area contributed by atoms with Gasteiger partial charge < -0.3 is 10.7 Å². The lowest BCUT2D eigenvalue weighted by atomic mass is 10.0. The molecule has 1 aliphatic heterocycles. The summed E-state index contributed by atoms with van der Waals surface area (Å²) >= 11 is 1.24. The molecule has 162 valence electrons. The highest BCUT2D eigenvalue weighted by Crippen LogP contribution is 2.38. The van der Waals surface area contributed by atoms with Gasteiger partial charge in [-0.3, -0.25) is 4.79 Å². The Hall–Kier alpha value is -3.01. The number of rotatable bonds is 5. The van der Waals surface area contributed by atoms with Crippen molar-refractivity contribution in [3.05, 3.63) is 71.5 Å². The summed E-state index contributed by atoms with van der Waals surface area (Å²) in [7, 11) is 0. The molecule has 0 aliphatic carbocycles. The summed E-state index contributed by atoms with van der Waals surface area (Å²) in [6.45, 7) is 2.04. The molecule has 31 heavy (non-hydrogen) atoms. The van der Waals surface area contributed by atoms with Crippen molar-refractivity contribution < 1.29 is 18.0 Å². The zero-order valence-electron chi connectivity index (χ0n) is 16.6. The van der Waals surface area contributed by atoms with Crippen molar-refractivity contribution >= 4 is 23.4 Å². The van der Waals surface area contributed by atoms with E-state index in [-0.39, 0.29) is 5.69 Å². The van der Waals surface area contributed by atoms with E-state index < -0.39 is 28.9 Å². The quantitative estimate of drug-likeness (QED) is 0.596. The van der Waals surface area contributed by atoms with Gasteiger partial charge in [0.2, 0.25) is 11.1 Å². The average Bonchev–Trinajstić information content (AvgIpc) is 3.15. The highest BCUT2D eigenvalue weighted by molar-refractivity contribution is 8.00. The van der Waals surface area contributed by atoms with Gasteiger partial charge in [0.05, 0.1) is 11.6 Å². The number of thioether (sulfide) groups is 1. The third-order valence-corrected chi connectivity index (χ3v) is 6.07. The number of hydrogen-bond acceptors (Lipinski definition) is 5. The van der Waals surface area contributed by atoms with Gasteiger partial charge >= 0.3 is 6.18 Å². The number of nitrogens with zero attached hydrogens (tertiary/aromatic N) is 3. The van der Waals surface area contributed by atoms with E-state index in [4.69, 9.17) is 0 Å². The van der Waals surface area contributed by atoms with E-state index in [1.165, 1.54) is 23.9 Å². The highest BCUT2D eigenvalue weighted by Gasteiger charge is 2.38. The molecule has 1 aromatic heterocycles. The van der Waals surface area contributed by atoms with Crippen molar-refractivity contribution in [1.29, 1.82) is 0 Å². The maximum absolute atomic E-state index is 13.1. The summed E-state index contributed by atoms with van der Waals surface area (Å²) in [5.41, 5.74) is 3.48. The van der Waals surface area contributed by atoms with Crippen molar-refractivity contribution in [2.45, 2.75) is 42.4 Å². The fourth-order valence-electron chi connectivity index (χ4n) is 3.38. The SMILES string of the molecule is CCCc1nnc2n1N[C@H](c1ccccc1)[C@@H](C(=O)Nc1cccc(C(F)(F)F)c1)S2. The molecule has 0 saturated heterocycles. The molecule has 10 heteroatoms. The Balaban J connectivity index is 1.63. The molecule has 0 unspecified atom stereocenters. The average molecular weight is 447 g/mol. The van der Waals surface area contributed by atoms with E-state index in [0.29, 0.717) is 5.16 Å². The summed E-state index contributed by atoms with van der Waals surface area (Å²) in [6, 6.07) is 13.6. The molecule has 4 rings (SSSR count). The maximum Gasteiger partial charge on any atom is 0.416 e. The van der Waals surface area contributed by atoms with Crippen LogP contribution in [0.2, 0.25) is 0 Å². The van der Waals surface area contributed by atoms with Gasteiger partial charge in [0.25, 0.3) is 0 Å². The number of carbonyl (C=O) groups excluding carboxylic acids is 1. The Morgan fingerprint density at radius 3 is 2.65 bits per heavy atom. The number of carbonyl (C=O) groups is 1. The monoisotopic (exact) mass is 447 g/mol. The van der Waals surface area contributed by atoms with Crippen LogP contribution >= 0.6 is 11.8 Å².